The van der Waals surface area contributed by atoms with Gasteiger partial charge in [-0.05, 0) is 51.5 Å². The molecule has 0 amide bonds. The fourth-order valence-electron chi connectivity index (χ4n) is 4.23. The van der Waals surface area contributed by atoms with Gasteiger partial charge < -0.3 is 4.55 Å². The fourth-order valence-corrected chi connectivity index (χ4v) is 5.38. The van der Waals surface area contributed by atoms with Gasteiger partial charge in [0.15, 0.2) is 11.1 Å². The molecule has 2 atom stereocenters. The maximum atomic E-state index is 13.1. The third kappa shape index (κ3) is 3.97. The van der Waals surface area contributed by atoms with Crippen molar-refractivity contribution in [3.05, 3.63) is 70.3 Å². The Hall–Kier alpha value is -1.45. The molecule has 0 bridgehead atoms. The third-order valence-electron chi connectivity index (χ3n) is 5.79. The zero-order valence-electron chi connectivity index (χ0n) is 18.6. The van der Waals surface area contributed by atoms with Crippen LogP contribution in [0, 0.1) is 5.92 Å². The number of rotatable bonds is 7. The minimum atomic E-state index is -2.06. The fraction of sp³-hybridized carbons (Fsp3) is 0.520. The lowest BCUT2D eigenvalue weighted by Crippen LogP contribution is -2.40. The van der Waals surface area contributed by atoms with Crippen LogP contribution in [-0.2, 0) is 15.8 Å². The predicted octanol–water partition coefficient (Wildman–Crippen LogP) is 7.18. The highest BCUT2D eigenvalue weighted by molar-refractivity contribution is 7.80. The molecule has 0 saturated heterocycles. The smallest absolute Gasteiger partial charge is 0.168 e. The van der Waals surface area contributed by atoms with Gasteiger partial charge in [0, 0.05) is 0 Å². The molecular formula is C25H36O2S. The molecule has 2 rings (SSSR count). The summed E-state index contributed by atoms with van der Waals surface area (Å²) in [7, 11) is 0. The summed E-state index contributed by atoms with van der Waals surface area (Å²) in [4.78, 5) is 0. The van der Waals surface area contributed by atoms with E-state index in [1.165, 1.54) is 16.7 Å². The van der Waals surface area contributed by atoms with Crippen LogP contribution in [0.5, 0.6) is 0 Å². The van der Waals surface area contributed by atoms with Gasteiger partial charge in [-0.2, -0.15) is 0 Å². The van der Waals surface area contributed by atoms with Gasteiger partial charge in [0.05, 0.1) is 0 Å². The summed E-state index contributed by atoms with van der Waals surface area (Å²) in [6, 6.07) is 14.4. The molecule has 2 unspecified atom stereocenters. The van der Waals surface area contributed by atoms with E-state index in [2.05, 4.69) is 67.5 Å². The van der Waals surface area contributed by atoms with Crippen LogP contribution >= 0.6 is 0 Å². The predicted molar refractivity (Wildman–Crippen MR) is 122 cm³/mol. The standard InChI is InChI=1S/C25H36O2S/c1-16(2)20-14-22(17(3)4)24(23(15-20)18(5)6)25(19(7)8,28(26)27)21-12-10-9-11-13-21/h9-19H,1-8H3,(H,26,27). The van der Waals surface area contributed by atoms with Crippen LogP contribution in [0.1, 0.15) is 101 Å². The van der Waals surface area contributed by atoms with E-state index < -0.39 is 15.8 Å². The lowest BCUT2D eigenvalue weighted by atomic mass is 9.72. The lowest BCUT2D eigenvalue weighted by molar-refractivity contribution is 0.441. The van der Waals surface area contributed by atoms with Crippen LogP contribution in [0.25, 0.3) is 0 Å². The molecule has 0 aliphatic carbocycles. The Morgan fingerprint density at radius 3 is 1.57 bits per heavy atom. The average Bonchev–Trinajstić information content (AvgIpc) is 2.61. The molecule has 0 aliphatic rings. The Morgan fingerprint density at radius 1 is 0.786 bits per heavy atom. The Bertz CT molecular complexity index is 793. The first-order valence-electron chi connectivity index (χ1n) is 10.4. The largest absolute Gasteiger partial charge is 0.305 e. The van der Waals surface area contributed by atoms with Crippen LogP contribution < -0.4 is 0 Å². The Balaban J connectivity index is 3.07. The lowest BCUT2D eigenvalue weighted by Gasteiger charge is -2.40. The third-order valence-corrected chi connectivity index (χ3v) is 7.26. The summed E-state index contributed by atoms with van der Waals surface area (Å²) in [5, 5.41) is 0. The van der Waals surface area contributed by atoms with E-state index in [1.807, 2.05) is 30.3 Å². The van der Waals surface area contributed by atoms with Crippen molar-refractivity contribution >= 4 is 11.1 Å². The summed E-state index contributed by atoms with van der Waals surface area (Å²) in [6.45, 7) is 17.3. The van der Waals surface area contributed by atoms with E-state index in [0.717, 1.165) is 11.1 Å². The number of benzene rings is 2. The first-order valence-corrected chi connectivity index (χ1v) is 11.5. The van der Waals surface area contributed by atoms with Gasteiger partial charge in [0.1, 0.15) is 4.75 Å². The van der Waals surface area contributed by atoms with E-state index in [-0.39, 0.29) is 17.8 Å². The summed E-state index contributed by atoms with van der Waals surface area (Å²) >= 11 is -2.06. The average molecular weight is 401 g/mol. The van der Waals surface area contributed by atoms with Crippen LogP contribution in [0.15, 0.2) is 42.5 Å². The van der Waals surface area contributed by atoms with Crippen molar-refractivity contribution in [2.45, 2.75) is 77.9 Å². The van der Waals surface area contributed by atoms with Crippen LogP contribution in [0.4, 0.5) is 0 Å². The molecule has 0 radical (unpaired) electrons. The van der Waals surface area contributed by atoms with Crippen molar-refractivity contribution in [2.24, 2.45) is 5.92 Å². The molecular weight excluding hydrogens is 364 g/mol. The molecule has 2 aromatic rings. The summed E-state index contributed by atoms with van der Waals surface area (Å²) < 4.78 is 23.0. The van der Waals surface area contributed by atoms with Gasteiger partial charge in [0.25, 0.3) is 0 Å². The zero-order chi connectivity index (χ0) is 21.2. The van der Waals surface area contributed by atoms with Crippen molar-refractivity contribution in [1.82, 2.24) is 0 Å². The number of hydrogen-bond donors (Lipinski definition) is 1. The molecule has 3 heteroatoms. The Labute approximate surface area is 174 Å². The van der Waals surface area contributed by atoms with Crippen molar-refractivity contribution in [1.29, 1.82) is 0 Å². The van der Waals surface area contributed by atoms with E-state index in [0.29, 0.717) is 5.92 Å². The molecule has 0 spiro atoms. The van der Waals surface area contributed by atoms with Gasteiger partial charge in [-0.15, -0.1) is 0 Å². The van der Waals surface area contributed by atoms with Gasteiger partial charge >= 0.3 is 0 Å². The van der Waals surface area contributed by atoms with Crippen LogP contribution in [-0.4, -0.2) is 8.76 Å². The van der Waals surface area contributed by atoms with Crippen molar-refractivity contribution in [2.75, 3.05) is 0 Å². The molecule has 0 aromatic heterocycles. The van der Waals surface area contributed by atoms with Crippen molar-refractivity contribution in [3.8, 4) is 0 Å². The zero-order valence-corrected chi connectivity index (χ0v) is 19.4. The van der Waals surface area contributed by atoms with E-state index >= 15 is 0 Å². The van der Waals surface area contributed by atoms with Crippen LogP contribution in [0.2, 0.25) is 0 Å². The molecule has 154 valence electrons. The van der Waals surface area contributed by atoms with Crippen LogP contribution in [0.3, 0.4) is 0 Å². The van der Waals surface area contributed by atoms with Gasteiger partial charge in [-0.1, -0.05) is 97.9 Å². The topological polar surface area (TPSA) is 37.3 Å². The second-order valence-corrected chi connectivity index (χ2v) is 10.2. The Morgan fingerprint density at radius 2 is 1.25 bits per heavy atom. The molecule has 0 aliphatic heterocycles. The minimum absolute atomic E-state index is 0.0411. The molecule has 0 saturated carbocycles. The molecule has 2 nitrogen and oxygen atoms in total. The molecule has 2 aromatic carbocycles. The Kier molecular flexibility index (Phi) is 7.27. The van der Waals surface area contributed by atoms with Crippen molar-refractivity contribution < 1.29 is 8.76 Å². The summed E-state index contributed by atoms with van der Waals surface area (Å²) in [5.41, 5.74) is 5.63. The van der Waals surface area contributed by atoms with E-state index in [4.69, 9.17) is 0 Å². The maximum absolute atomic E-state index is 13.1. The first-order chi connectivity index (χ1) is 13.0. The summed E-state index contributed by atoms with van der Waals surface area (Å²) in [5.74, 6) is 0.891. The van der Waals surface area contributed by atoms with Crippen molar-refractivity contribution in [3.63, 3.8) is 0 Å². The van der Waals surface area contributed by atoms with Gasteiger partial charge in [-0.3, -0.25) is 0 Å². The quantitative estimate of drug-likeness (QED) is 0.500. The second kappa shape index (κ2) is 8.92. The summed E-state index contributed by atoms with van der Waals surface area (Å²) in [6.07, 6.45) is 0. The molecule has 0 heterocycles. The SMILES string of the molecule is CC(C)c1cc(C(C)C)c(C(c2ccccc2)(C(C)C)S(=O)O)c(C(C)C)c1. The molecule has 0 fully saturated rings. The monoisotopic (exact) mass is 400 g/mol. The van der Waals surface area contributed by atoms with Gasteiger partial charge in [-0.25, -0.2) is 4.21 Å². The number of hydrogen-bond acceptors (Lipinski definition) is 1. The highest BCUT2D eigenvalue weighted by atomic mass is 32.2. The minimum Gasteiger partial charge on any atom is -0.305 e. The first kappa shape index (κ1) is 22.8. The highest BCUT2D eigenvalue weighted by Gasteiger charge is 2.47. The maximum Gasteiger partial charge on any atom is 0.168 e. The van der Waals surface area contributed by atoms with E-state index in [9.17, 15) is 8.76 Å². The second-order valence-electron chi connectivity index (χ2n) is 9.04. The van der Waals surface area contributed by atoms with E-state index in [1.54, 1.807) is 0 Å². The van der Waals surface area contributed by atoms with Gasteiger partial charge in [0.2, 0.25) is 0 Å². The highest BCUT2D eigenvalue weighted by Crippen LogP contribution is 2.48. The molecule has 1 N–H and O–H groups in total. The normalized spacial score (nSPS) is 15.5. The molecule has 28 heavy (non-hydrogen) atoms.